The first kappa shape index (κ1) is 15.9. The summed E-state index contributed by atoms with van der Waals surface area (Å²) in [4.78, 5) is 12.1. The summed E-state index contributed by atoms with van der Waals surface area (Å²) in [5.41, 5.74) is 1.11. The van der Waals surface area contributed by atoms with Gasteiger partial charge in [-0.05, 0) is 41.9 Å². The van der Waals surface area contributed by atoms with Crippen molar-refractivity contribution < 1.29 is 18.7 Å². The Morgan fingerprint density at radius 1 is 1.33 bits per heavy atom. The van der Waals surface area contributed by atoms with Gasteiger partial charge in [0.2, 0.25) is 0 Å². The van der Waals surface area contributed by atoms with E-state index in [4.69, 9.17) is 13.9 Å². The molecule has 0 atom stereocenters. The number of hydrogen-bond donors (Lipinski definition) is 1. The van der Waals surface area contributed by atoms with Crippen LogP contribution in [0.1, 0.15) is 24.2 Å². The van der Waals surface area contributed by atoms with Crippen molar-refractivity contribution in [1.82, 2.24) is 5.32 Å². The predicted octanol–water partition coefficient (Wildman–Crippen LogP) is 3.36. The summed E-state index contributed by atoms with van der Waals surface area (Å²) in [6, 6.07) is 5.31. The standard InChI is InChI=1S/C15H18BrNO4/c1-9(2)17-15(18)10-6-12(20-5-4-19-3)11-8-14(16)21-13(11)7-10/h6-9H,4-5H2,1-3H3,(H,17,18). The lowest BCUT2D eigenvalue weighted by Gasteiger charge is -2.11. The van der Waals surface area contributed by atoms with Crippen LogP contribution in [0.5, 0.6) is 5.75 Å². The van der Waals surface area contributed by atoms with Crippen LogP contribution in [-0.4, -0.2) is 32.3 Å². The van der Waals surface area contributed by atoms with Crippen LogP contribution in [0.25, 0.3) is 11.0 Å². The predicted molar refractivity (Wildman–Crippen MR) is 83.9 cm³/mol. The molecule has 0 unspecified atom stereocenters. The van der Waals surface area contributed by atoms with E-state index in [1.807, 2.05) is 19.9 Å². The molecule has 0 bridgehead atoms. The Bertz CT molecular complexity index is 636. The van der Waals surface area contributed by atoms with E-state index in [1.54, 1.807) is 19.2 Å². The van der Waals surface area contributed by atoms with Gasteiger partial charge in [0, 0.05) is 24.8 Å². The number of carbonyl (C=O) groups is 1. The molecule has 2 aromatic rings. The van der Waals surface area contributed by atoms with Crippen molar-refractivity contribution in [3.05, 3.63) is 28.4 Å². The second kappa shape index (κ2) is 6.95. The van der Waals surface area contributed by atoms with Crippen LogP contribution in [0.2, 0.25) is 0 Å². The first-order chi connectivity index (χ1) is 10.0. The highest BCUT2D eigenvalue weighted by Crippen LogP contribution is 2.32. The third kappa shape index (κ3) is 3.98. The Balaban J connectivity index is 2.36. The molecular formula is C15H18BrNO4. The van der Waals surface area contributed by atoms with Gasteiger partial charge >= 0.3 is 0 Å². The number of halogens is 1. The van der Waals surface area contributed by atoms with Crippen LogP contribution < -0.4 is 10.1 Å². The second-order valence-corrected chi connectivity index (χ2v) is 5.69. The summed E-state index contributed by atoms with van der Waals surface area (Å²) in [5.74, 6) is 0.448. The van der Waals surface area contributed by atoms with Crippen LogP contribution in [0.15, 0.2) is 27.3 Å². The van der Waals surface area contributed by atoms with E-state index >= 15 is 0 Å². The van der Waals surface area contributed by atoms with E-state index in [1.165, 1.54) is 0 Å². The lowest BCUT2D eigenvalue weighted by Crippen LogP contribution is -2.30. The molecular weight excluding hydrogens is 338 g/mol. The molecule has 0 saturated carbocycles. The fourth-order valence-electron chi connectivity index (χ4n) is 1.91. The van der Waals surface area contributed by atoms with Gasteiger partial charge in [0.25, 0.3) is 5.91 Å². The molecule has 0 aliphatic carbocycles. The molecule has 0 aliphatic heterocycles. The number of hydrogen-bond acceptors (Lipinski definition) is 4. The number of carbonyl (C=O) groups excluding carboxylic acids is 1. The SMILES string of the molecule is COCCOc1cc(C(=O)NC(C)C)cc2oc(Br)cc12. The Kier molecular flexibility index (Phi) is 5.25. The monoisotopic (exact) mass is 355 g/mol. The number of rotatable bonds is 6. The van der Waals surface area contributed by atoms with E-state index in [-0.39, 0.29) is 11.9 Å². The van der Waals surface area contributed by atoms with Crippen molar-refractivity contribution in [2.75, 3.05) is 20.3 Å². The molecule has 21 heavy (non-hydrogen) atoms. The van der Waals surface area contributed by atoms with Crippen LogP contribution >= 0.6 is 15.9 Å². The van der Waals surface area contributed by atoms with Crippen molar-refractivity contribution in [3.63, 3.8) is 0 Å². The number of methoxy groups -OCH3 is 1. The van der Waals surface area contributed by atoms with E-state index in [0.29, 0.717) is 34.8 Å². The van der Waals surface area contributed by atoms with Crippen LogP contribution in [0, 0.1) is 0 Å². The molecule has 1 N–H and O–H groups in total. The average Bonchev–Trinajstić information content (AvgIpc) is 2.78. The Morgan fingerprint density at radius 2 is 2.10 bits per heavy atom. The van der Waals surface area contributed by atoms with Crippen molar-refractivity contribution in [2.24, 2.45) is 0 Å². The summed E-state index contributed by atoms with van der Waals surface area (Å²) >= 11 is 3.30. The van der Waals surface area contributed by atoms with Gasteiger partial charge < -0.3 is 19.2 Å². The Hall–Kier alpha value is -1.53. The van der Waals surface area contributed by atoms with E-state index in [0.717, 1.165) is 5.39 Å². The van der Waals surface area contributed by atoms with Gasteiger partial charge in [-0.1, -0.05) is 0 Å². The zero-order valence-corrected chi connectivity index (χ0v) is 13.8. The summed E-state index contributed by atoms with van der Waals surface area (Å²) in [5, 5.41) is 3.67. The molecule has 2 rings (SSSR count). The first-order valence-electron chi connectivity index (χ1n) is 6.67. The molecule has 0 radical (unpaired) electrons. The van der Waals surface area contributed by atoms with Crippen molar-refractivity contribution in [1.29, 1.82) is 0 Å². The molecule has 0 fully saturated rings. The summed E-state index contributed by atoms with van der Waals surface area (Å²) in [7, 11) is 1.61. The summed E-state index contributed by atoms with van der Waals surface area (Å²) in [6.07, 6.45) is 0. The van der Waals surface area contributed by atoms with Gasteiger partial charge in [-0.3, -0.25) is 4.79 Å². The molecule has 1 aromatic carbocycles. The second-order valence-electron chi connectivity index (χ2n) is 4.91. The quantitative estimate of drug-likeness (QED) is 0.807. The van der Waals surface area contributed by atoms with Crippen LogP contribution in [0.3, 0.4) is 0 Å². The highest BCUT2D eigenvalue weighted by atomic mass is 79.9. The molecule has 1 aromatic heterocycles. The highest BCUT2D eigenvalue weighted by Gasteiger charge is 2.15. The fraction of sp³-hybridized carbons (Fsp3) is 0.400. The fourth-order valence-corrected chi connectivity index (χ4v) is 2.31. The minimum Gasteiger partial charge on any atom is -0.490 e. The number of ether oxygens (including phenoxy) is 2. The van der Waals surface area contributed by atoms with Crippen molar-refractivity contribution in [2.45, 2.75) is 19.9 Å². The molecule has 1 amide bonds. The highest BCUT2D eigenvalue weighted by molar-refractivity contribution is 9.10. The topological polar surface area (TPSA) is 60.7 Å². The van der Waals surface area contributed by atoms with Gasteiger partial charge in [-0.25, -0.2) is 0 Å². The molecule has 114 valence electrons. The zero-order chi connectivity index (χ0) is 15.4. The minimum absolute atomic E-state index is 0.0643. The number of amides is 1. The minimum atomic E-state index is -0.156. The van der Waals surface area contributed by atoms with Crippen molar-refractivity contribution >= 4 is 32.8 Å². The van der Waals surface area contributed by atoms with Gasteiger partial charge in [-0.2, -0.15) is 0 Å². The first-order valence-corrected chi connectivity index (χ1v) is 7.46. The lowest BCUT2D eigenvalue weighted by atomic mass is 10.1. The average molecular weight is 356 g/mol. The molecule has 6 heteroatoms. The van der Waals surface area contributed by atoms with E-state index in [9.17, 15) is 4.79 Å². The number of nitrogens with one attached hydrogen (secondary N) is 1. The zero-order valence-electron chi connectivity index (χ0n) is 12.2. The Labute approximate surface area is 131 Å². The lowest BCUT2D eigenvalue weighted by molar-refractivity contribution is 0.0942. The van der Waals surface area contributed by atoms with Crippen LogP contribution in [0.4, 0.5) is 0 Å². The summed E-state index contributed by atoms with van der Waals surface area (Å²) in [6.45, 7) is 4.71. The molecule has 0 aliphatic rings. The smallest absolute Gasteiger partial charge is 0.251 e. The summed E-state index contributed by atoms with van der Waals surface area (Å²) < 4.78 is 16.8. The number of fused-ring (bicyclic) bond motifs is 1. The maximum absolute atomic E-state index is 12.1. The Morgan fingerprint density at radius 3 is 2.76 bits per heavy atom. The largest absolute Gasteiger partial charge is 0.490 e. The maximum Gasteiger partial charge on any atom is 0.251 e. The molecule has 0 saturated heterocycles. The van der Waals surface area contributed by atoms with Crippen molar-refractivity contribution in [3.8, 4) is 5.75 Å². The van der Waals surface area contributed by atoms with Gasteiger partial charge in [-0.15, -0.1) is 0 Å². The molecule has 1 heterocycles. The van der Waals surface area contributed by atoms with Gasteiger partial charge in [0.05, 0.1) is 12.0 Å². The number of benzene rings is 1. The normalized spacial score (nSPS) is 11.1. The van der Waals surface area contributed by atoms with Gasteiger partial charge in [0.15, 0.2) is 4.67 Å². The van der Waals surface area contributed by atoms with Gasteiger partial charge in [0.1, 0.15) is 17.9 Å². The van der Waals surface area contributed by atoms with E-state index in [2.05, 4.69) is 21.2 Å². The van der Waals surface area contributed by atoms with E-state index < -0.39 is 0 Å². The molecule has 5 nitrogen and oxygen atoms in total. The van der Waals surface area contributed by atoms with Crippen LogP contribution in [-0.2, 0) is 4.74 Å². The number of furan rings is 1. The third-order valence-electron chi connectivity index (χ3n) is 2.80. The third-order valence-corrected chi connectivity index (χ3v) is 3.19. The molecule has 0 spiro atoms. The maximum atomic E-state index is 12.1.